The van der Waals surface area contributed by atoms with Gasteiger partial charge in [-0.2, -0.15) is 0 Å². The lowest BCUT2D eigenvalue weighted by molar-refractivity contribution is 0.308. The van der Waals surface area contributed by atoms with E-state index in [2.05, 4.69) is 86.0 Å². The molecule has 2 nitrogen and oxygen atoms in total. The van der Waals surface area contributed by atoms with Gasteiger partial charge in [0.1, 0.15) is 0 Å². The predicted octanol–water partition coefficient (Wildman–Crippen LogP) is 5.76. The Hall–Kier alpha value is -1.90. The van der Waals surface area contributed by atoms with Crippen molar-refractivity contribution < 1.29 is 0 Å². The minimum Gasteiger partial charge on any atom is -0.304 e. The molecule has 150 valence electrons. The summed E-state index contributed by atoms with van der Waals surface area (Å²) >= 11 is 0. The number of benzene rings is 3. The highest BCUT2D eigenvalue weighted by Crippen LogP contribution is 2.33. The zero-order chi connectivity index (χ0) is 19.9. The molecule has 28 heavy (non-hydrogen) atoms. The Bertz CT molecular complexity index is 760. The summed E-state index contributed by atoms with van der Waals surface area (Å²) in [5, 5.41) is 5.79. The van der Waals surface area contributed by atoms with Gasteiger partial charge < -0.3 is 9.80 Å². The van der Waals surface area contributed by atoms with Crippen molar-refractivity contribution in [1.82, 2.24) is 9.80 Å². The first-order valence-electron chi connectivity index (χ1n) is 11.1. The second-order valence-electron chi connectivity index (χ2n) is 7.60. The standard InChI is InChI=1S/C26H36N2/c1-5-27(6-2)19-17-25-21-13-9-11-15-23(21)26(18-20-28(7-3)8-4)24-16-12-10-14-22(24)25/h9-16H,5-8,17-20H2,1-4H3. The maximum atomic E-state index is 2.53. The first kappa shape index (κ1) is 20.8. The van der Waals surface area contributed by atoms with Gasteiger partial charge in [0.15, 0.2) is 0 Å². The molecule has 0 aromatic heterocycles. The van der Waals surface area contributed by atoms with Gasteiger partial charge in [0.25, 0.3) is 0 Å². The van der Waals surface area contributed by atoms with E-state index in [1.807, 2.05) is 0 Å². The summed E-state index contributed by atoms with van der Waals surface area (Å²) in [5.74, 6) is 0. The Morgan fingerprint density at radius 1 is 0.500 bits per heavy atom. The molecular weight excluding hydrogens is 340 g/mol. The molecule has 0 spiro atoms. The highest BCUT2D eigenvalue weighted by atomic mass is 15.1. The molecular formula is C26H36N2. The Morgan fingerprint density at radius 3 is 1.04 bits per heavy atom. The van der Waals surface area contributed by atoms with E-state index in [1.54, 1.807) is 0 Å². The molecule has 3 aromatic carbocycles. The number of rotatable bonds is 10. The zero-order valence-electron chi connectivity index (χ0n) is 18.2. The third-order valence-electron chi connectivity index (χ3n) is 6.30. The predicted molar refractivity (Wildman–Crippen MR) is 124 cm³/mol. The zero-order valence-corrected chi connectivity index (χ0v) is 18.2. The van der Waals surface area contributed by atoms with Gasteiger partial charge in [-0.15, -0.1) is 0 Å². The summed E-state index contributed by atoms with van der Waals surface area (Å²) in [6.07, 6.45) is 2.22. The largest absolute Gasteiger partial charge is 0.304 e. The van der Waals surface area contributed by atoms with Crippen LogP contribution in [0.15, 0.2) is 48.5 Å². The normalized spacial score (nSPS) is 11.9. The molecule has 0 radical (unpaired) electrons. The molecule has 0 aliphatic carbocycles. The Morgan fingerprint density at radius 2 is 0.786 bits per heavy atom. The number of hydrogen-bond donors (Lipinski definition) is 0. The van der Waals surface area contributed by atoms with Gasteiger partial charge in [0, 0.05) is 13.1 Å². The second-order valence-corrected chi connectivity index (χ2v) is 7.60. The molecule has 2 heteroatoms. The average molecular weight is 377 g/mol. The van der Waals surface area contributed by atoms with E-state index in [9.17, 15) is 0 Å². The highest BCUT2D eigenvalue weighted by Gasteiger charge is 2.14. The first-order chi connectivity index (χ1) is 13.7. The molecule has 3 aromatic rings. The maximum absolute atomic E-state index is 2.53. The van der Waals surface area contributed by atoms with Crippen molar-refractivity contribution in [3.8, 4) is 0 Å². The Labute approximate surface area is 171 Å². The van der Waals surface area contributed by atoms with Crippen molar-refractivity contribution in [2.24, 2.45) is 0 Å². The molecule has 0 fully saturated rings. The molecule has 0 aliphatic heterocycles. The van der Waals surface area contributed by atoms with Crippen LogP contribution in [-0.2, 0) is 12.8 Å². The van der Waals surface area contributed by atoms with E-state index in [4.69, 9.17) is 0 Å². The van der Waals surface area contributed by atoms with Gasteiger partial charge in [-0.3, -0.25) is 0 Å². The molecule has 0 amide bonds. The van der Waals surface area contributed by atoms with Gasteiger partial charge in [0.2, 0.25) is 0 Å². The molecule has 0 saturated carbocycles. The third kappa shape index (κ3) is 4.39. The van der Waals surface area contributed by atoms with Crippen molar-refractivity contribution in [2.75, 3.05) is 39.3 Å². The van der Waals surface area contributed by atoms with Crippen LogP contribution in [0.2, 0.25) is 0 Å². The summed E-state index contributed by atoms with van der Waals surface area (Å²) in [7, 11) is 0. The average Bonchev–Trinajstić information content (AvgIpc) is 2.75. The van der Waals surface area contributed by atoms with Crippen LogP contribution in [0, 0.1) is 0 Å². The van der Waals surface area contributed by atoms with Crippen LogP contribution in [0.25, 0.3) is 21.5 Å². The third-order valence-corrected chi connectivity index (χ3v) is 6.30. The topological polar surface area (TPSA) is 6.48 Å². The quantitative estimate of drug-likeness (QED) is 0.415. The molecule has 0 heterocycles. The number of likely N-dealkylation sites (N-methyl/N-ethyl adjacent to an activating group) is 2. The summed E-state index contributed by atoms with van der Waals surface area (Å²) in [5.41, 5.74) is 3.04. The Kier molecular flexibility index (Phi) is 7.47. The van der Waals surface area contributed by atoms with Crippen molar-refractivity contribution in [1.29, 1.82) is 0 Å². The van der Waals surface area contributed by atoms with E-state index >= 15 is 0 Å². The lowest BCUT2D eigenvalue weighted by atomic mass is 9.89. The fourth-order valence-electron chi connectivity index (χ4n) is 4.47. The smallest absolute Gasteiger partial charge is 0.00220 e. The first-order valence-corrected chi connectivity index (χ1v) is 11.1. The SMILES string of the molecule is CCN(CC)CCc1c2ccccc2c(CCN(CC)CC)c2ccccc12. The minimum absolute atomic E-state index is 1.11. The van der Waals surface area contributed by atoms with Gasteiger partial charge in [0.05, 0.1) is 0 Å². The molecule has 0 bridgehead atoms. The van der Waals surface area contributed by atoms with Crippen LogP contribution in [0.1, 0.15) is 38.8 Å². The van der Waals surface area contributed by atoms with Gasteiger partial charge in [-0.25, -0.2) is 0 Å². The number of nitrogens with zero attached hydrogens (tertiary/aromatic N) is 2. The van der Waals surface area contributed by atoms with Crippen LogP contribution in [-0.4, -0.2) is 49.1 Å². The highest BCUT2D eigenvalue weighted by molar-refractivity contribution is 6.05. The van der Waals surface area contributed by atoms with Crippen molar-refractivity contribution >= 4 is 21.5 Å². The summed E-state index contributed by atoms with van der Waals surface area (Å²) < 4.78 is 0. The second kappa shape index (κ2) is 10.0. The molecule has 0 atom stereocenters. The van der Waals surface area contributed by atoms with E-state index in [0.29, 0.717) is 0 Å². The summed E-state index contributed by atoms with van der Waals surface area (Å²) in [6, 6.07) is 18.1. The van der Waals surface area contributed by atoms with Gasteiger partial charge in [-0.1, -0.05) is 76.2 Å². The lowest BCUT2D eigenvalue weighted by Crippen LogP contribution is -2.26. The van der Waals surface area contributed by atoms with Crippen LogP contribution >= 0.6 is 0 Å². The number of fused-ring (bicyclic) bond motifs is 2. The summed E-state index contributed by atoms with van der Waals surface area (Å²) in [6.45, 7) is 15.8. The number of hydrogen-bond acceptors (Lipinski definition) is 2. The fourth-order valence-corrected chi connectivity index (χ4v) is 4.47. The molecule has 0 unspecified atom stereocenters. The molecule has 0 N–H and O–H groups in total. The van der Waals surface area contributed by atoms with E-state index in [-0.39, 0.29) is 0 Å². The Balaban J connectivity index is 2.10. The van der Waals surface area contributed by atoms with E-state index < -0.39 is 0 Å². The maximum Gasteiger partial charge on any atom is 0.00220 e. The molecule has 0 aliphatic rings. The van der Waals surface area contributed by atoms with Crippen LogP contribution in [0.4, 0.5) is 0 Å². The van der Waals surface area contributed by atoms with Crippen molar-refractivity contribution in [3.05, 3.63) is 59.7 Å². The van der Waals surface area contributed by atoms with Crippen LogP contribution in [0.3, 0.4) is 0 Å². The van der Waals surface area contributed by atoms with Gasteiger partial charge in [-0.05, 0) is 71.7 Å². The fraction of sp³-hybridized carbons (Fsp3) is 0.462. The van der Waals surface area contributed by atoms with Crippen molar-refractivity contribution in [2.45, 2.75) is 40.5 Å². The van der Waals surface area contributed by atoms with Crippen LogP contribution < -0.4 is 0 Å². The lowest BCUT2D eigenvalue weighted by Gasteiger charge is -2.22. The minimum atomic E-state index is 1.11. The monoisotopic (exact) mass is 376 g/mol. The van der Waals surface area contributed by atoms with Gasteiger partial charge >= 0.3 is 0 Å². The van der Waals surface area contributed by atoms with E-state index in [0.717, 1.165) is 52.1 Å². The van der Waals surface area contributed by atoms with Crippen LogP contribution in [0.5, 0.6) is 0 Å². The van der Waals surface area contributed by atoms with Crippen molar-refractivity contribution in [3.63, 3.8) is 0 Å². The molecule has 3 rings (SSSR count). The molecule has 0 saturated heterocycles. The summed E-state index contributed by atoms with van der Waals surface area (Å²) in [4.78, 5) is 5.05. The van der Waals surface area contributed by atoms with E-state index in [1.165, 1.54) is 32.7 Å².